The molecule has 0 aliphatic carbocycles. The molecular formula is C18H23N3O4. The Morgan fingerprint density at radius 3 is 2.92 bits per heavy atom. The van der Waals surface area contributed by atoms with E-state index in [1.165, 1.54) is 6.20 Å². The number of hydrogen-bond acceptors (Lipinski definition) is 6. The summed E-state index contributed by atoms with van der Waals surface area (Å²) in [5.74, 6) is 0.891. The first kappa shape index (κ1) is 18.6. The highest BCUT2D eigenvalue weighted by Gasteiger charge is 2.13. The van der Waals surface area contributed by atoms with Crippen molar-refractivity contribution in [1.29, 1.82) is 5.26 Å². The Hall–Kier alpha value is -2.72. The Balaban J connectivity index is 1.75. The number of amides is 1. The van der Waals surface area contributed by atoms with E-state index >= 15 is 0 Å². The van der Waals surface area contributed by atoms with Crippen molar-refractivity contribution in [2.45, 2.75) is 26.2 Å². The molecule has 2 N–H and O–H groups in total. The summed E-state index contributed by atoms with van der Waals surface area (Å²) in [5.41, 5.74) is 0.707. The van der Waals surface area contributed by atoms with Crippen LogP contribution in [0.1, 0.15) is 26.2 Å². The third kappa shape index (κ3) is 6.01. The number of nitrogens with one attached hydrogen (secondary N) is 2. The van der Waals surface area contributed by atoms with Gasteiger partial charge in [-0.1, -0.05) is 13.3 Å². The monoisotopic (exact) mass is 345 g/mol. The number of ether oxygens (including phenoxy) is 3. The number of rotatable bonds is 10. The van der Waals surface area contributed by atoms with Crippen molar-refractivity contribution in [3.8, 4) is 17.6 Å². The maximum atomic E-state index is 12.0. The zero-order valence-electron chi connectivity index (χ0n) is 14.3. The zero-order chi connectivity index (χ0) is 17.9. The standard InChI is InChI=1S/C18H23N3O4/c1-2-3-8-23-9-4-7-20-18(22)14(11-19)12-21-15-5-6-16-17(10-15)25-13-24-16/h5-6,10,12,21H,2-4,7-9,13H2,1H3,(H,20,22)/b14-12-. The Morgan fingerprint density at radius 2 is 2.12 bits per heavy atom. The number of carbonyl (C=O) groups excluding carboxylic acids is 1. The van der Waals surface area contributed by atoms with Crippen LogP contribution in [0.4, 0.5) is 5.69 Å². The molecule has 1 aliphatic heterocycles. The van der Waals surface area contributed by atoms with Gasteiger partial charge in [-0.05, 0) is 25.0 Å². The average molecular weight is 345 g/mol. The Kier molecular flexibility index (Phi) is 7.60. The fourth-order valence-corrected chi connectivity index (χ4v) is 2.11. The van der Waals surface area contributed by atoms with Gasteiger partial charge in [-0.2, -0.15) is 5.26 Å². The molecule has 7 heteroatoms. The van der Waals surface area contributed by atoms with Gasteiger partial charge >= 0.3 is 0 Å². The summed E-state index contributed by atoms with van der Waals surface area (Å²) in [6.45, 7) is 4.11. The Morgan fingerprint density at radius 1 is 1.32 bits per heavy atom. The van der Waals surface area contributed by atoms with Gasteiger partial charge in [0.05, 0.1) is 0 Å². The summed E-state index contributed by atoms with van der Waals surface area (Å²) >= 11 is 0. The van der Waals surface area contributed by atoms with E-state index in [0.29, 0.717) is 36.8 Å². The van der Waals surface area contributed by atoms with Gasteiger partial charge in [0.25, 0.3) is 5.91 Å². The third-order valence-corrected chi connectivity index (χ3v) is 3.51. The maximum absolute atomic E-state index is 12.0. The van der Waals surface area contributed by atoms with Gasteiger partial charge in [0.15, 0.2) is 11.5 Å². The molecule has 0 radical (unpaired) electrons. The average Bonchev–Trinajstić information content (AvgIpc) is 3.09. The molecule has 0 bridgehead atoms. The minimum absolute atomic E-state index is 0.00423. The molecule has 0 aromatic heterocycles. The fraction of sp³-hybridized carbons (Fsp3) is 0.444. The van der Waals surface area contributed by atoms with Crippen molar-refractivity contribution in [3.63, 3.8) is 0 Å². The molecule has 1 aliphatic rings. The van der Waals surface area contributed by atoms with E-state index in [2.05, 4.69) is 17.6 Å². The second-order valence-corrected chi connectivity index (χ2v) is 5.46. The minimum Gasteiger partial charge on any atom is -0.454 e. The van der Waals surface area contributed by atoms with Crippen LogP contribution in [0.2, 0.25) is 0 Å². The second kappa shape index (κ2) is 10.2. The van der Waals surface area contributed by atoms with Gasteiger partial charge in [0.1, 0.15) is 11.6 Å². The lowest BCUT2D eigenvalue weighted by Gasteiger charge is -2.06. The molecule has 25 heavy (non-hydrogen) atoms. The van der Waals surface area contributed by atoms with Crippen LogP contribution in [0, 0.1) is 11.3 Å². The molecule has 1 amide bonds. The van der Waals surface area contributed by atoms with Crippen LogP contribution in [0.3, 0.4) is 0 Å². The maximum Gasteiger partial charge on any atom is 0.263 e. The third-order valence-electron chi connectivity index (χ3n) is 3.51. The lowest BCUT2D eigenvalue weighted by molar-refractivity contribution is -0.117. The highest BCUT2D eigenvalue weighted by Crippen LogP contribution is 2.34. The molecule has 0 atom stereocenters. The molecule has 0 unspecified atom stereocenters. The molecule has 1 aromatic carbocycles. The van der Waals surface area contributed by atoms with Crippen LogP contribution in [-0.2, 0) is 9.53 Å². The molecule has 7 nitrogen and oxygen atoms in total. The van der Waals surface area contributed by atoms with Crippen LogP contribution in [0.25, 0.3) is 0 Å². The predicted octanol–water partition coefficient (Wildman–Crippen LogP) is 2.56. The molecule has 2 rings (SSSR count). The number of nitrogens with zero attached hydrogens (tertiary/aromatic N) is 1. The summed E-state index contributed by atoms with van der Waals surface area (Å²) in [6, 6.07) is 7.19. The van der Waals surface area contributed by atoms with E-state index in [4.69, 9.17) is 19.5 Å². The normalized spacial score (nSPS) is 12.6. The number of hydrogen-bond donors (Lipinski definition) is 2. The summed E-state index contributed by atoms with van der Waals surface area (Å²) in [7, 11) is 0. The number of fused-ring (bicyclic) bond motifs is 1. The molecular weight excluding hydrogens is 322 g/mol. The first-order valence-electron chi connectivity index (χ1n) is 8.37. The SMILES string of the molecule is CCCCOCCCNC(=O)/C(C#N)=C\Nc1ccc2c(c1)OCO2. The number of unbranched alkanes of at least 4 members (excludes halogenated alkanes) is 1. The van der Waals surface area contributed by atoms with E-state index < -0.39 is 5.91 Å². The summed E-state index contributed by atoms with van der Waals surface area (Å²) in [4.78, 5) is 12.0. The van der Waals surface area contributed by atoms with Gasteiger partial charge in [-0.25, -0.2) is 0 Å². The molecule has 0 saturated heterocycles. The van der Waals surface area contributed by atoms with Crippen LogP contribution in [0.15, 0.2) is 30.0 Å². The number of anilines is 1. The molecule has 0 fully saturated rings. The lowest BCUT2D eigenvalue weighted by atomic mass is 10.2. The Bertz CT molecular complexity index is 652. The van der Waals surface area contributed by atoms with E-state index in [9.17, 15) is 4.79 Å². The first-order valence-corrected chi connectivity index (χ1v) is 8.37. The summed E-state index contributed by atoms with van der Waals surface area (Å²) < 4.78 is 15.9. The highest BCUT2D eigenvalue weighted by molar-refractivity contribution is 5.97. The minimum atomic E-state index is -0.413. The van der Waals surface area contributed by atoms with Gasteiger partial charge in [-0.3, -0.25) is 4.79 Å². The molecule has 1 heterocycles. The highest BCUT2D eigenvalue weighted by atomic mass is 16.7. The number of benzene rings is 1. The van der Waals surface area contributed by atoms with Crippen LogP contribution in [-0.4, -0.2) is 32.5 Å². The van der Waals surface area contributed by atoms with Crippen LogP contribution < -0.4 is 20.1 Å². The predicted molar refractivity (Wildman–Crippen MR) is 93.2 cm³/mol. The molecule has 134 valence electrons. The van der Waals surface area contributed by atoms with E-state index in [1.54, 1.807) is 18.2 Å². The summed E-state index contributed by atoms with van der Waals surface area (Å²) in [6.07, 6.45) is 4.23. The van der Waals surface area contributed by atoms with E-state index in [1.807, 2.05) is 6.07 Å². The number of nitriles is 1. The molecule has 0 spiro atoms. The smallest absolute Gasteiger partial charge is 0.263 e. The van der Waals surface area contributed by atoms with Gasteiger partial charge in [0, 0.05) is 37.7 Å². The van der Waals surface area contributed by atoms with Crippen molar-refractivity contribution in [3.05, 3.63) is 30.0 Å². The summed E-state index contributed by atoms with van der Waals surface area (Å²) in [5, 5.41) is 14.8. The largest absolute Gasteiger partial charge is 0.454 e. The topological polar surface area (TPSA) is 92.6 Å². The van der Waals surface area contributed by atoms with Gasteiger partial charge in [0.2, 0.25) is 6.79 Å². The van der Waals surface area contributed by atoms with E-state index in [-0.39, 0.29) is 12.4 Å². The lowest BCUT2D eigenvalue weighted by Crippen LogP contribution is -2.26. The second-order valence-electron chi connectivity index (χ2n) is 5.46. The van der Waals surface area contributed by atoms with Gasteiger partial charge in [-0.15, -0.1) is 0 Å². The van der Waals surface area contributed by atoms with Crippen molar-refractivity contribution < 1.29 is 19.0 Å². The van der Waals surface area contributed by atoms with E-state index in [0.717, 1.165) is 19.4 Å². The first-order chi connectivity index (χ1) is 12.2. The fourth-order valence-electron chi connectivity index (χ4n) is 2.11. The van der Waals surface area contributed by atoms with Crippen molar-refractivity contribution >= 4 is 11.6 Å². The number of carbonyl (C=O) groups is 1. The van der Waals surface area contributed by atoms with Crippen molar-refractivity contribution in [2.75, 3.05) is 31.9 Å². The Labute approximate surface area is 147 Å². The van der Waals surface area contributed by atoms with Crippen LogP contribution in [0.5, 0.6) is 11.5 Å². The van der Waals surface area contributed by atoms with Crippen LogP contribution >= 0.6 is 0 Å². The quantitative estimate of drug-likeness (QED) is 0.385. The molecule has 0 saturated carbocycles. The van der Waals surface area contributed by atoms with Gasteiger partial charge < -0.3 is 24.8 Å². The molecule has 1 aromatic rings. The van der Waals surface area contributed by atoms with Crippen molar-refractivity contribution in [2.24, 2.45) is 0 Å². The zero-order valence-corrected chi connectivity index (χ0v) is 14.3. The van der Waals surface area contributed by atoms with Crippen molar-refractivity contribution in [1.82, 2.24) is 5.32 Å².